The van der Waals surface area contributed by atoms with Crippen molar-refractivity contribution in [2.24, 2.45) is 0 Å². The van der Waals surface area contributed by atoms with Crippen LogP contribution in [0.15, 0.2) is 66.9 Å². The second-order valence-electron chi connectivity index (χ2n) is 7.56. The summed E-state index contributed by atoms with van der Waals surface area (Å²) in [6.45, 7) is 1.74. The molecule has 0 atom stereocenters. The zero-order valence-electron chi connectivity index (χ0n) is 17.9. The van der Waals surface area contributed by atoms with Crippen molar-refractivity contribution in [3.05, 3.63) is 93.9 Å². The smallest absolute Gasteiger partial charge is 0.433 e. The van der Waals surface area contributed by atoms with E-state index >= 15 is 0 Å². The molecule has 0 saturated heterocycles. The third-order valence-electron chi connectivity index (χ3n) is 5.05. The molecule has 0 radical (unpaired) electrons. The first-order valence-electron chi connectivity index (χ1n) is 10.0. The summed E-state index contributed by atoms with van der Waals surface area (Å²) in [6, 6.07) is 13.4. The molecule has 176 valence electrons. The minimum absolute atomic E-state index is 0.0174. The van der Waals surface area contributed by atoms with Crippen molar-refractivity contribution in [1.29, 1.82) is 0 Å². The summed E-state index contributed by atoms with van der Waals surface area (Å²) in [5.74, 6) is -1.58. The van der Waals surface area contributed by atoms with Gasteiger partial charge in [0.1, 0.15) is 5.69 Å². The molecule has 0 saturated carbocycles. The highest BCUT2D eigenvalue weighted by Gasteiger charge is 2.34. The molecule has 2 aromatic heterocycles. The molecule has 11 heteroatoms. The van der Waals surface area contributed by atoms with Crippen molar-refractivity contribution < 1.29 is 28.0 Å². The molecule has 35 heavy (non-hydrogen) atoms. The Kier molecular flexibility index (Phi) is 6.00. The molecule has 0 aliphatic heterocycles. The van der Waals surface area contributed by atoms with Crippen molar-refractivity contribution in [1.82, 2.24) is 15.0 Å². The molecule has 8 nitrogen and oxygen atoms in total. The number of hydrogen-bond donors (Lipinski definition) is 1. The molecule has 0 spiro atoms. The molecule has 1 N–H and O–H groups in total. The van der Waals surface area contributed by atoms with Gasteiger partial charge in [0, 0.05) is 35.2 Å². The predicted molar refractivity (Wildman–Crippen MR) is 119 cm³/mol. The second-order valence-corrected chi connectivity index (χ2v) is 7.56. The zero-order chi connectivity index (χ0) is 25.3. The Bertz CT molecular complexity index is 1420. The van der Waals surface area contributed by atoms with Crippen molar-refractivity contribution in [3.8, 4) is 33.8 Å². The Morgan fingerprint density at radius 1 is 0.943 bits per heavy atom. The first-order chi connectivity index (χ1) is 16.5. The topological polar surface area (TPSA) is 119 Å². The molecule has 0 aliphatic carbocycles. The zero-order valence-corrected chi connectivity index (χ0v) is 17.9. The first-order valence-corrected chi connectivity index (χ1v) is 10.0. The number of aromatic nitrogens is 3. The van der Waals surface area contributed by atoms with E-state index in [2.05, 4.69) is 15.0 Å². The number of carboxylic acid groups (broad SMARTS) is 1. The normalized spacial score (nSPS) is 11.3. The van der Waals surface area contributed by atoms with Gasteiger partial charge in [0.2, 0.25) is 0 Å². The third kappa shape index (κ3) is 5.13. The Morgan fingerprint density at radius 3 is 2.31 bits per heavy atom. The number of alkyl halides is 3. The van der Waals surface area contributed by atoms with E-state index in [0.29, 0.717) is 16.8 Å². The number of nitro benzene ring substituents is 1. The summed E-state index contributed by atoms with van der Waals surface area (Å²) in [4.78, 5) is 34.0. The highest BCUT2D eigenvalue weighted by atomic mass is 19.4. The fraction of sp³-hybridized carbons (Fsp3) is 0.0833. The Labute approximate surface area is 195 Å². The van der Waals surface area contributed by atoms with Crippen LogP contribution in [0, 0.1) is 17.0 Å². The lowest BCUT2D eigenvalue weighted by molar-refractivity contribution is -0.384. The van der Waals surface area contributed by atoms with Crippen LogP contribution in [0.5, 0.6) is 0 Å². The minimum atomic E-state index is -4.74. The largest absolute Gasteiger partial charge is 0.478 e. The van der Waals surface area contributed by atoms with Crippen molar-refractivity contribution in [2.45, 2.75) is 13.1 Å². The summed E-state index contributed by atoms with van der Waals surface area (Å²) >= 11 is 0. The van der Waals surface area contributed by atoms with Crippen molar-refractivity contribution in [3.63, 3.8) is 0 Å². The van der Waals surface area contributed by atoms with Gasteiger partial charge in [-0.05, 0) is 48.4 Å². The van der Waals surface area contributed by atoms with E-state index in [1.165, 1.54) is 36.5 Å². The number of benzene rings is 2. The van der Waals surface area contributed by atoms with E-state index < -0.39 is 28.5 Å². The van der Waals surface area contributed by atoms with Crippen LogP contribution >= 0.6 is 0 Å². The second kappa shape index (κ2) is 8.93. The number of aryl methyl sites for hydroxylation is 1. The van der Waals surface area contributed by atoms with Gasteiger partial charge in [-0.3, -0.25) is 15.1 Å². The quantitative estimate of drug-likeness (QED) is 0.283. The lowest BCUT2D eigenvalue weighted by atomic mass is 9.99. The maximum atomic E-state index is 13.6. The van der Waals surface area contributed by atoms with Crippen molar-refractivity contribution in [2.75, 3.05) is 0 Å². The van der Waals surface area contributed by atoms with Crippen LogP contribution < -0.4 is 0 Å². The van der Waals surface area contributed by atoms with E-state index in [0.717, 1.165) is 12.1 Å². The Hall–Kier alpha value is -4.67. The number of halogens is 3. The molecule has 4 aromatic rings. The average molecular weight is 480 g/mol. The van der Waals surface area contributed by atoms with E-state index in [9.17, 15) is 33.2 Å². The van der Waals surface area contributed by atoms with Crippen LogP contribution in [-0.2, 0) is 6.18 Å². The van der Waals surface area contributed by atoms with Crippen LogP contribution in [-0.4, -0.2) is 31.0 Å². The number of carbonyl (C=O) groups is 1. The van der Waals surface area contributed by atoms with E-state index in [1.807, 2.05) is 0 Å². The monoisotopic (exact) mass is 480 g/mol. The standard InChI is InChI=1S/C24H15F3N4O4/c1-13-5-6-16(12-28-13)20-11-21(24(25,26)27)30-22(29-20)15-4-2-3-14(7-15)17-8-18(23(32)33)10-19(9-17)31(34)35/h2-12H,1H3,(H,32,33). The van der Waals surface area contributed by atoms with Gasteiger partial charge in [0.15, 0.2) is 5.82 Å². The Balaban J connectivity index is 1.86. The van der Waals surface area contributed by atoms with Crippen LogP contribution in [0.25, 0.3) is 33.8 Å². The molecule has 0 unspecified atom stereocenters. The average Bonchev–Trinajstić information content (AvgIpc) is 2.83. The molecule has 2 heterocycles. The minimum Gasteiger partial charge on any atom is -0.478 e. The molecule has 0 fully saturated rings. The molecule has 0 amide bonds. The summed E-state index contributed by atoms with van der Waals surface area (Å²) in [5.41, 5.74) is -0.0651. The van der Waals surface area contributed by atoms with E-state index in [4.69, 9.17) is 0 Å². The number of pyridine rings is 1. The maximum Gasteiger partial charge on any atom is 0.433 e. The number of hydrogen-bond acceptors (Lipinski definition) is 6. The summed E-state index contributed by atoms with van der Waals surface area (Å²) in [6.07, 6.45) is -3.33. The SMILES string of the molecule is Cc1ccc(-c2cc(C(F)(F)F)nc(-c3cccc(-c4cc(C(=O)O)cc([N+](=O)[O-])c4)c3)n2)cn1. The van der Waals surface area contributed by atoms with Gasteiger partial charge < -0.3 is 5.11 Å². The highest BCUT2D eigenvalue weighted by molar-refractivity contribution is 5.91. The van der Waals surface area contributed by atoms with E-state index in [1.54, 1.807) is 25.1 Å². The van der Waals surface area contributed by atoms with Gasteiger partial charge in [-0.2, -0.15) is 13.2 Å². The van der Waals surface area contributed by atoms with Crippen LogP contribution in [0.4, 0.5) is 18.9 Å². The molecular weight excluding hydrogens is 465 g/mol. The third-order valence-corrected chi connectivity index (χ3v) is 5.05. The molecule has 4 rings (SSSR count). The summed E-state index contributed by atoms with van der Waals surface area (Å²) in [7, 11) is 0. The van der Waals surface area contributed by atoms with Crippen molar-refractivity contribution >= 4 is 11.7 Å². The Morgan fingerprint density at radius 2 is 1.69 bits per heavy atom. The van der Waals surface area contributed by atoms with E-state index in [-0.39, 0.29) is 28.2 Å². The number of nitro groups is 1. The van der Waals surface area contributed by atoms with Gasteiger partial charge in [-0.15, -0.1) is 0 Å². The van der Waals surface area contributed by atoms with Gasteiger partial charge in [-0.1, -0.05) is 18.2 Å². The number of carboxylic acids is 1. The van der Waals surface area contributed by atoms with Crippen LogP contribution in [0.2, 0.25) is 0 Å². The lowest BCUT2D eigenvalue weighted by Crippen LogP contribution is -2.10. The summed E-state index contributed by atoms with van der Waals surface area (Å²) < 4.78 is 40.8. The highest BCUT2D eigenvalue weighted by Crippen LogP contribution is 2.34. The number of non-ortho nitro benzene ring substituents is 1. The van der Waals surface area contributed by atoms with Gasteiger partial charge in [-0.25, -0.2) is 14.8 Å². The first kappa shape index (κ1) is 23.5. The lowest BCUT2D eigenvalue weighted by Gasteiger charge is -2.12. The van der Waals surface area contributed by atoms with Gasteiger partial charge in [0.25, 0.3) is 5.69 Å². The molecule has 2 aromatic carbocycles. The van der Waals surface area contributed by atoms with Crippen LogP contribution in [0.3, 0.4) is 0 Å². The molecule has 0 bridgehead atoms. The van der Waals surface area contributed by atoms with Gasteiger partial charge in [0.05, 0.1) is 16.2 Å². The van der Waals surface area contributed by atoms with Crippen LogP contribution in [0.1, 0.15) is 21.7 Å². The number of nitrogens with zero attached hydrogens (tertiary/aromatic N) is 4. The maximum absolute atomic E-state index is 13.6. The fourth-order valence-corrected chi connectivity index (χ4v) is 3.33. The van der Waals surface area contributed by atoms with Gasteiger partial charge >= 0.3 is 12.1 Å². The molecular formula is C24H15F3N4O4. The summed E-state index contributed by atoms with van der Waals surface area (Å²) in [5, 5.41) is 20.6. The predicted octanol–water partition coefficient (Wildman–Crippen LogP) is 5.81. The molecule has 0 aliphatic rings. The number of rotatable bonds is 5. The number of aromatic carboxylic acids is 1. The fourth-order valence-electron chi connectivity index (χ4n) is 3.33.